The first-order chi connectivity index (χ1) is 8.06. The van der Waals surface area contributed by atoms with E-state index in [4.69, 9.17) is 0 Å². The van der Waals surface area contributed by atoms with Gasteiger partial charge in [0.2, 0.25) is 0 Å². The first-order valence-corrected chi connectivity index (χ1v) is 6.03. The molecule has 0 unspecified atom stereocenters. The van der Waals surface area contributed by atoms with Crippen molar-refractivity contribution in [3.05, 3.63) is 45.9 Å². The molecule has 5 heteroatoms. The van der Waals surface area contributed by atoms with Gasteiger partial charge in [0.05, 0.1) is 11.4 Å². The van der Waals surface area contributed by atoms with Crippen molar-refractivity contribution in [2.75, 3.05) is 5.32 Å². The number of rotatable bonds is 3. The Balaban J connectivity index is 2.12. The summed E-state index contributed by atoms with van der Waals surface area (Å²) in [4.78, 5) is 0. The van der Waals surface area contributed by atoms with E-state index in [1.165, 1.54) is 6.07 Å². The Morgan fingerprint density at radius 1 is 1.47 bits per heavy atom. The third kappa shape index (κ3) is 2.85. The molecule has 2 aromatic rings. The van der Waals surface area contributed by atoms with E-state index in [9.17, 15) is 4.39 Å². The first kappa shape index (κ1) is 12.1. The van der Waals surface area contributed by atoms with Crippen LogP contribution in [0.3, 0.4) is 0 Å². The van der Waals surface area contributed by atoms with E-state index in [2.05, 4.69) is 26.3 Å². The van der Waals surface area contributed by atoms with E-state index < -0.39 is 0 Å². The normalized spacial score (nSPS) is 10.6. The molecule has 0 aliphatic heterocycles. The van der Waals surface area contributed by atoms with E-state index in [0.717, 1.165) is 15.7 Å². The van der Waals surface area contributed by atoms with Crippen molar-refractivity contribution < 1.29 is 4.39 Å². The maximum absolute atomic E-state index is 13.5. The van der Waals surface area contributed by atoms with Crippen LogP contribution in [-0.2, 0) is 13.6 Å². The summed E-state index contributed by atoms with van der Waals surface area (Å²) in [6, 6.07) is 4.83. The predicted molar refractivity (Wildman–Crippen MR) is 69.4 cm³/mol. The van der Waals surface area contributed by atoms with Crippen molar-refractivity contribution in [2.45, 2.75) is 13.5 Å². The molecule has 2 rings (SSSR count). The first-order valence-electron chi connectivity index (χ1n) is 5.24. The van der Waals surface area contributed by atoms with Gasteiger partial charge in [-0.1, -0.05) is 15.9 Å². The van der Waals surface area contributed by atoms with Crippen LogP contribution < -0.4 is 5.32 Å². The van der Waals surface area contributed by atoms with Gasteiger partial charge >= 0.3 is 0 Å². The number of benzene rings is 1. The number of hydrogen-bond donors (Lipinski definition) is 1. The fraction of sp³-hybridized carbons (Fsp3) is 0.250. The van der Waals surface area contributed by atoms with Crippen LogP contribution in [0.4, 0.5) is 10.1 Å². The van der Waals surface area contributed by atoms with Crippen LogP contribution >= 0.6 is 15.9 Å². The van der Waals surface area contributed by atoms with Gasteiger partial charge in [-0.2, -0.15) is 5.10 Å². The summed E-state index contributed by atoms with van der Waals surface area (Å²) >= 11 is 3.32. The van der Waals surface area contributed by atoms with Gasteiger partial charge in [-0.25, -0.2) is 4.39 Å². The number of anilines is 1. The molecule has 1 aromatic carbocycles. The van der Waals surface area contributed by atoms with Crippen molar-refractivity contribution >= 4 is 21.6 Å². The highest BCUT2D eigenvalue weighted by Crippen LogP contribution is 2.20. The van der Waals surface area contributed by atoms with E-state index in [1.54, 1.807) is 16.8 Å². The van der Waals surface area contributed by atoms with Crippen molar-refractivity contribution in [1.82, 2.24) is 9.78 Å². The minimum atomic E-state index is -0.255. The smallest absolute Gasteiger partial charge is 0.146 e. The lowest BCUT2D eigenvalue weighted by molar-refractivity contribution is 0.630. The highest BCUT2D eigenvalue weighted by Gasteiger charge is 2.05. The molecule has 0 aliphatic carbocycles. The lowest BCUT2D eigenvalue weighted by Gasteiger charge is -2.07. The summed E-state index contributed by atoms with van der Waals surface area (Å²) in [5, 5.41) is 7.30. The molecule has 0 bridgehead atoms. The quantitative estimate of drug-likeness (QED) is 0.942. The second kappa shape index (κ2) is 4.87. The average Bonchev–Trinajstić information content (AvgIpc) is 2.59. The van der Waals surface area contributed by atoms with E-state index >= 15 is 0 Å². The van der Waals surface area contributed by atoms with E-state index in [0.29, 0.717) is 12.2 Å². The minimum Gasteiger partial charge on any atom is -0.378 e. The van der Waals surface area contributed by atoms with Gasteiger partial charge in [0, 0.05) is 29.8 Å². The van der Waals surface area contributed by atoms with Crippen LogP contribution in [0.5, 0.6) is 0 Å². The van der Waals surface area contributed by atoms with Crippen LogP contribution in [0, 0.1) is 12.7 Å². The highest BCUT2D eigenvalue weighted by atomic mass is 79.9. The number of nitrogens with zero attached hydrogens (tertiary/aromatic N) is 2. The van der Waals surface area contributed by atoms with Crippen LogP contribution in [0.2, 0.25) is 0 Å². The Bertz CT molecular complexity index is 537. The molecule has 3 nitrogen and oxygen atoms in total. The van der Waals surface area contributed by atoms with E-state index in [-0.39, 0.29) is 5.82 Å². The largest absolute Gasteiger partial charge is 0.378 e. The van der Waals surface area contributed by atoms with Crippen LogP contribution in [0.25, 0.3) is 0 Å². The molecule has 0 amide bonds. The Morgan fingerprint density at radius 3 is 2.88 bits per heavy atom. The van der Waals surface area contributed by atoms with Gasteiger partial charge in [-0.15, -0.1) is 0 Å². The maximum Gasteiger partial charge on any atom is 0.146 e. The Morgan fingerprint density at radius 2 is 2.24 bits per heavy atom. The van der Waals surface area contributed by atoms with Gasteiger partial charge in [0.25, 0.3) is 0 Å². The van der Waals surface area contributed by atoms with Gasteiger partial charge in [0.1, 0.15) is 5.82 Å². The summed E-state index contributed by atoms with van der Waals surface area (Å²) in [5.41, 5.74) is 2.50. The van der Waals surface area contributed by atoms with Crippen molar-refractivity contribution in [2.24, 2.45) is 7.05 Å². The number of halogens is 2. The summed E-state index contributed by atoms with van der Waals surface area (Å²) in [6.45, 7) is 2.50. The number of aryl methyl sites for hydroxylation is 2. The molecule has 0 saturated carbocycles. The second-order valence-electron chi connectivity index (χ2n) is 3.89. The minimum absolute atomic E-state index is 0.255. The van der Waals surface area contributed by atoms with Crippen molar-refractivity contribution in [1.29, 1.82) is 0 Å². The van der Waals surface area contributed by atoms with Gasteiger partial charge in [-0.05, 0) is 25.1 Å². The van der Waals surface area contributed by atoms with Crippen LogP contribution in [0.15, 0.2) is 28.9 Å². The summed E-state index contributed by atoms with van der Waals surface area (Å²) in [7, 11) is 1.87. The zero-order chi connectivity index (χ0) is 12.4. The molecule has 0 saturated heterocycles. The molecule has 1 N–H and O–H groups in total. The zero-order valence-electron chi connectivity index (χ0n) is 9.67. The number of nitrogens with one attached hydrogen (secondary N) is 1. The Kier molecular flexibility index (Phi) is 3.47. The van der Waals surface area contributed by atoms with Gasteiger partial charge in [0.15, 0.2) is 0 Å². The molecule has 0 atom stereocenters. The SMILES string of the molecule is Cc1nn(C)cc1CNc1cc(Br)ccc1F. The Hall–Kier alpha value is -1.36. The summed E-state index contributed by atoms with van der Waals surface area (Å²) in [6.07, 6.45) is 1.93. The molecular weight excluding hydrogens is 285 g/mol. The zero-order valence-corrected chi connectivity index (χ0v) is 11.3. The number of aromatic nitrogens is 2. The second-order valence-corrected chi connectivity index (χ2v) is 4.81. The average molecular weight is 298 g/mol. The molecule has 0 radical (unpaired) electrons. The topological polar surface area (TPSA) is 29.9 Å². The monoisotopic (exact) mass is 297 g/mol. The standard InChI is InChI=1S/C12H13BrFN3/c1-8-9(7-17(2)16-8)6-15-12-5-10(13)3-4-11(12)14/h3-5,7,15H,6H2,1-2H3. The number of hydrogen-bond acceptors (Lipinski definition) is 2. The van der Waals surface area contributed by atoms with Crippen LogP contribution in [0.1, 0.15) is 11.3 Å². The Labute approximate surface area is 108 Å². The molecule has 0 fully saturated rings. The summed E-state index contributed by atoms with van der Waals surface area (Å²) < 4.78 is 16.1. The third-order valence-electron chi connectivity index (χ3n) is 2.51. The van der Waals surface area contributed by atoms with Crippen LogP contribution in [-0.4, -0.2) is 9.78 Å². The van der Waals surface area contributed by atoms with Gasteiger partial charge in [-0.3, -0.25) is 4.68 Å². The molecule has 0 aliphatic rings. The third-order valence-corrected chi connectivity index (χ3v) is 3.01. The molecule has 90 valence electrons. The molecule has 0 spiro atoms. The fourth-order valence-electron chi connectivity index (χ4n) is 1.65. The molecular formula is C12H13BrFN3. The molecule has 17 heavy (non-hydrogen) atoms. The van der Waals surface area contributed by atoms with E-state index in [1.807, 2.05) is 20.2 Å². The van der Waals surface area contributed by atoms with Gasteiger partial charge < -0.3 is 5.32 Å². The molecule has 1 aromatic heterocycles. The highest BCUT2D eigenvalue weighted by molar-refractivity contribution is 9.10. The lowest BCUT2D eigenvalue weighted by Crippen LogP contribution is -2.01. The maximum atomic E-state index is 13.5. The fourth-order valence-corrected chi connectivity index (χ4v) is 2.01. The summed E-state index contributed by atoms with van der Waals surface area (Å²) in [5.74, 6) is -0.255. The predicted octanol–water partition coefficient (Wildman–Crippen LogP) is 3.24. The molecule has 1 heterocycles. The lowest BCUT2D eigenvalue weighted by atomic mass is 10.2. The van der Waals surface area contributed by atoms with Crippen molar-refractivity contribution in [3.63, 3.8) is 0 Å². The van der Waals surface area contributed by atoms with Crippen molar-refractivity contribution in [3.8, 4) is 0 Å².